The molecule has 9 aliphatic carbocycles. The zero-order chi connectivity index (χ0) is 63.0. The summed E-state index contributed by atoms with van der Waals surface area (Å²) in [4.78, 5) is 12.0. The van der Waals surface area contributed by atoms with Crippen molar-refractivity contribution < 1.29 is 37.8 Å². The zero-order valence-corrected chi connectivity index (χ0v) is 60.6. The second-order valence-corrected chi connectivity index (χ2v) is 50.1. The van der Waals surface area contributed by atoms with Gasteiger partial charge in [-0.1, -0.05) is 125 Å². The van der Waals surface area contributed by atoms with E-state index in [0.717, 1.165) is 93.8 Å². The van der Waals surface area contributed by atoms with Crippen LogP contribution in [0.4, 0.5) is 0 Å². The molecule has 8 nitrogen and oxygen atoms in total. The number of benzene rings is 2. The van der Waals surface area contributed by atoms with Gasteiger partial charge in [0.25, 0.3) is 0 Å². The monoisotopic (exact) mass is 1240 g/mol. The number of phenolic OH excluding ortho intramolecular Hbond substituents is 1. The number of hydrogen-bond acceptors (Lipinski definition) is 8. The fourth-order valence-corrected chi connectivity index (χ4v) is 23.9. The van der Waals surface area contributed by atoms with Crippen molar-refractivity contribution in [2.24, 2.45) is 34.0 Å². The number of ether oxygens (including phenoxy) is 2. The average molecular weight is 1240 g/mol. The van der Waals surface area contributed by atoms with Crippen LogP contribution in [0.3, 0.4) is 0 Å². The second-order valence-electron chi connectivity index (χ2n) is 35.8. The Morgan fingerprint density at radius 2 is 1.08 bits per heavy atom. The van der Waals surface area contributed by atoms with Crippen LogP contribution in [-0.2, 0) is 46.8 Å². The highest BCUT2D eigenvalue weighted by atomic mass is 28.4. The lowest BCUT2D eigenvalue weighted by molar-refractivity contribution is -0.133. The maximum absolute atomic E-state index is 12.0. The summed E-state index contributed by atoms with van der Waals surface area (Å²) in [6, 6.07) is 12.7. The standard InChI is InChI=1S/C26H40O2Si.C25H36O3Si.C25H38O3Si/c1-18-8-9-19-12-13-26-21-10-11-22(27-29(6,7)23(2,3)4)24(21,5)14-15-25(26,28-26)17-20(19)16-18;1-22(2,3)29(5,6)27-21-8-7-20-23(21,4)11-9-17-15-18-16-19(26)10-12-24(18)13-14-25(17,20)28-24;1-23(2,3)29(5,6)28-22-10-9-21-24(22,4)13-12-19-15-18-16-20(26)8-7-17(18)11-14-25(19,21)27/h8-9,16,21-22H,10-15,17H2,1-7H3;10,12,15-16,20-21H,7-9,11,13-14H2,1-6H3;7-8,15-16,21-22,26-27H,9-14H2,1-6H3/t21-,22+,24+,25+,26+;20-,21+,23+,24+,25-;21-,22+,24+,25-/m111/s1. The highest BCUT2D eigenvalue weighted by molar-refractivity contribution is 6.75. The number of carbonyl (C=O) groups is 1. The molecule has 2 saturated heterocycles. The van der Waals surface area contributed by atoms with Crippen LogP contribution in [0, 0.1) is 40.9 Å². The van der Waals surface area contributed by atoms with Crippen molar-refractivity contribution in [1.82, 2.24) is 0 Å². The summed E-state index contributed by atoms with van der Waals surface area (Å²) < 4.78 is 34.9. The number of fused-ring (bicyclic) bond motifs is 7. The number of aromatic hydroxyl groups is 1. The Kier molecular flexibility index (Phi) is 15.5. The minimum absolute atomic E-state index is 0.0280. The molecule has 12 aliphatic rings. The minimum Gasteiger partial charge on any atom is -0.508 e. The first-order chi connectivity index (χ1) is 40.2. The normalized spacial score (nSPS) is 39.7. The maximum Gasteiger partial charge on any atom is 0.192 e. The lowest BCUT2D eigenvalue weighted by Gasteiger charge is -2.55. The number of allylic oxidation sites excluding steroid dienone is 2. The summed E-state index contributed by atoms with van der Waals surface area (Å²) in [5.74, 6) is 1.81. The Bertz CT molecular complexity index is 3200. The van der Waals surface area contributed by atoms with E-state index in [9.17, 15) is 15.0 Å². The van der Waals surface area contributed by atoms with Crippen LogP contribution in [0.25, 0.3) is 6.08 Å². The van der Waals surface area contributed by atoms with Crippen molar-refractivity contribution in [2.75, 3.05) is 0 Å². The van der Waals surface area contributed by atoms with Gasteiger partial charge < -0.3 is 33.0 Å². The van der Waals surface area contributed by atoms with Gasteiger partial charge in [-0.2, -0.15) is 0 Å². The number of rotatable bonds is 6. The van der Waals surface area contributed by atoms with Crippen LogP contribution in [0.5, 0.6) is 5.75 Å². The van der Waals surface area contributed by atoms with Gasteiger partial charge in [-0.25, -0.2) is 0 Å². The number of hydrogen-bond donors (Lipinski definition) is 2. The Morgan fingerprint density at radius 3 is 1.69 bits per heavy atom. The van der Waals surface area contributed by atoms with E-state index < -0.39 is 30.6 Å². The molecule has 6 saturated carbocycles. The van der Waals surface area contributed by atoms with Crippen LogP contribution in [0.1, 0.15) is 214 Å². The first-order valence-electron chi connectivity index (χ1n) is 34.7. The van der Waals surface area contributed by atoms with E-state index in [1.165, 1.54) is 61.6 Å². The third kappa shape index (κ3) is 10.2. The fraction of sp³-hybridized carbons (Fsp3) is 0.724. The van der Waals surface area contributed by atoms with Crippen molar-refractivity contribution in [1.29, 1.82) is 0 Å². The molecule has 0 radical (unpaired) electrons. The first kappa shape index (κ1) is 64.4. The molecule has 11 heteroatoms. The smallest absolute Gasteiger partial charge is 0.192 e. The quantitative estimate of drug-likeness (QED) is 0.218. The molecule has 2 aromatic carbocycles. The highest BCUT2D eigenvalue weighted by Crippen LogP contribution is 2.74. The van der Waals surface area contributed by atoms with Gasteiger partial charge in [0.05, 0.1) is 29.5 Å². The molecule has 14 atom stereocenters. The van der Waals surface area contributed by atoms with Gasteiger partial charge in [0.2, 0.25) is 0 Å². The fourth-order valence-electron chi connectivity index (χ4n) is 19.5. The molecule has 0 unspecified atom stereocenters. The second kappa shape index (κ2) is 20.9. The van der Waals surface area contributed by atoms with Gasteiger partial charge in [0.1, 0.15) is 22.6 Å². The maximum atomic E-state index is 12.0. The van der Waals surface area contributed by atoms with E-state index in [-0.39, 0.29) is 71.6 Å². The summed E-state index contributed by atoms with van der Waals surface area (Å²) in [7, 11) is -5.42. The Hall–Kier alpha value is -2.72. The molecule has 3 heterocycles. The third-order valence-corrected chi connectivity index (χ3v) is 41.5. The van der Waals surface area contributed by atoms with Gasteiger partial charge in [0.15, 0.2) is 30.7 Å². The molecular formula is C76H114O8Si3. The molecule has 3 aliphatic heterocycles. The molecule has 8 fully saturated rings. The molecule has 2 spiro atoms. The Balaban J connectivity index is 0.000000127. The van der Waals surface area contributed by atoms with Crippen molar-refractivity contribution in [3.05, 3.63) is 105 Å². The van der Waals surface area contributed by atoms with Gasteiger partial charge >= 0.3 is 0 Å². The van der Waals surface area contributed by atoms with Crippen LogP contribution < -0.4 is 0 Å². The predicted molar refractivity (Wildman–Crippen MR) is 362 cm³/mol. The van der Waals surface area contributed by atoms with E-state index in [4.69, 9.17) is 22.8 Å². The number of phenols is 1. The van der Waals surface area contributed by atoms with Crippen molar-refractivity contribution in [2.45, 2.75) is 313 Å². The van der Waals surface area contributed by atoms with Crippen LogP contribution >= 0.6 is 0 Å². The van der Waals surface area contributed by atoms with Gasteiger partial charge in [-0.15, -0.1) is 0 Å². The molecule has 2 N–H and O–H groups in total. The Labute approximate surface area is 529 Å². The topological polar surface area (TPSA) is 107 Å². The number of epoxide rings is 1. The molecule has 2 bridgehead atoms. The van der Waals surface area contributed by atoms with E-state index in [1.54, 1.807) is 29.3 Å². The molecule has 87 heavy (non-hydrogen) atoms. The van der Waals surface area contributed by atoms with Crippen molar-refractivity contribution in [3.8, 4) is 5.75 Å². The Morgan fingerprint density at radius 1 is 0.540 bits per heavy atom. The molecule has 0 aromatic heterocycles. The molecule has 14 rings (SSSR count). The minimum atomic E-state index is -1.85. The van der Waals surface area contributed by atoms with Crippen molar-refractivity contribution >= 4 is 36.8 Å². The van der Waals surface area contributed by atoms with Gasteiger partial charge in [-0.05, 0) is 280 Å². The number of carbonyl (C=O) groups excluding carboxylic acids is 1. The number of ketones is 1. The van der Waals surface area contributed by atoms with Crippen molar-refractivity contribution in [3.63, 3.8) is 0 Å². The number of aliphatic hydroxyl groups is 1. The summed E-state index contributed by atoms with van der Waals surface area (Å²) in [5, 5.41) is 22.7. The van der Waals surface area contributed by atoms with Gasteiger partial charge in [-0.3, -0.25) is 4.79 Å². The molecule has 0 amide bonds. The highest BCUT2D eigenvalue weighted by Gasteiger charge is 2.79. The predicted octanol–water partition coefficient (Wildman–Crippen LogP) is 18.5. The average Bonchev–Trinajstić information content (AvgIpc) is 1.50. The largest absolute Gasteiger partial charge is 0.508 e. The molecular weight excluding hydrogens is 1130 g/mol. The lowest BCUT2D eigenvalue weighted by Crippen LogP contribution is -2.56. The van der Waals surface area contributed by atoms with Gasteiger partial charge in [0, 0.05) is 6.42 Å². The lowest BCUT2D eigenvalue weighted by atomic mass is 9.58. The summed E-state index contributed by atoms with van der Waals surface area (Å²) in [6.45, 7) is 45.0. The van der Waals surface area contributed by atoms with Crippen LogP contribution in [-0.4, -0.2) is 87.3 Å². The SMILES string of the molecule is CC(C)(C)[Si](C)(C)O[C@H]1CC[C@@H]2[C@]1(C)CCC1=CC3=CC(=O)C=C[C@]34CC[C@@]12O4.CC(C)(C)[Si](C)(C)O[C@H]1CC[C@@H]2[C@]1(C)CCC1=Cc3cc(O)ccc3CC[C@@]12O.Cc1ccc2c(c1)C[C@@]13CC[C@]4(C)[C@@H](O[Si](C)(C)C(C)(C)C)CC[C@H]4[C@]1(CC2)O3. The molecule has 2 aromatic rings. The number of aryl methyl sites for hydroxylation is 3. The van der Waals surface area contributed by atoms with E-state index >= 15 is 0 Å². The van der Waals surface area contributed by atoms with E-state index in [0.29, 0.717) is 29.8 Å². The zero-order valence-electron chi connectivity index (χ0n) is 57.6. The summed E-state index contributed by atoms with van der Waals surface area (Å²) >= 11 is 0. The van der Waals surface area contributed by atoms with Crippen LogP contribution in [0.15, 0.2) is 77.4 Å². The first-order valence-corrected chi connectivity index (χ1v) is 43.4. The van der Waals surface area contributed by atoms with E-state index in [2.05, 4.69) is 160 Å². The summed E-state index contributed by atoms with van der Waals surface area (Å²) in [6.07, 6.45) is 31.9. The molecule has 478 valence electrons. The summed E-state index contributed by atoms with van der Waals surface area (Å²) in [5.41, 5.74) is 9.94. The van der Waals surface area contributed by atoms with E-state index in [1.807, 2.05) is 18.2 Å². The van der Waals surface area contributed by atoms with Crippen LogP contribution in [0.2, 0.25) is 54.4 Å². The third-order valence-electron chi connectivity index (χ3n) is 28.0.